The molecule has 0 radical (unpaired) electrons. The lowest BCUT2D eigenvalue weighted by Gasteiger charge is -2.03. The zero-order valence-corrected chi connectivity index (χ0v) is 9.08. The quantitative estimate of drug-likeness (QED) is 0.593. The average Bonchev–Trinajstić information content (AvgIpc) is 2.01. The predicted molar refractivity (Wildman–Crippen MR) is 55.5 cm³/mol. The van der Waals surface area contributed by atoms with Crippen molar-refractivity contribution >= 4 is 11.8 Å². The van der Waals surface area contributed by atoms with Gasteiger partial charge in [0, 0.05) is 5.75 Å². The second-order valence-electron chi connectivity index (χ2n) is 3.40. The van der Waals surface area contributed by atoms with E-state index in [9.17, 15) is 0 Å². The van der Waals surface area contributed by atoms with Gasteiger partial charge in [-0.3, -0.25) is 0 Å². The van der Waals surface area contributed by atoms with Crippen LogP contribution in [0.2, 0.25) is 0 Å². The Hall–Kier alpha value is -0.970. The van der Waals surface area contributed by atoms with Gasteiger partial charge in [0.15, 0.2) is 5.16 Å². The molecule has 1 aromatic heterocycles. The molecule has 5 heteroatoms. The molecule has 1 rings (SSSR count). The van der Waals surface area contributed by atoms with Crippen LogP contribution < -0.4 is 0 Å². The summed E-state index contributed by atoms with van der Waals surface area (Å²) in [6, 6.07) is 1.12. The van der Waals surface area contributed by atoms with Crippen molar-refractivity contribution in [2.75, 3.05) is 5.75 Å². The minimum Gasteiger partial charge on any atom is -0.493 e. The lowest BCUT2D eigenvalue weighted by atomic mass is 10.2. The predicted octanol–water partition coefficient (Wildman–Crippen LogP) is 2.03. The summed E-state index contributed by atoms with van der Waals surface area (Å²) >= 11 is 1.43. The zero-order chi connectivity index (χ0) is 10.6. The van der Waals surface area contributed by atoms with E-state index in [1.807, 2.05) is 0 Å². The van der Waals surface area contributed by atoms with E-state index in [1.54, 1.807) is 0 Å². The van der Waals surface area contributed by atoms with E-state index >= 15 is 0 Å². The van der Waals surface area contributed by atoms with Gasteiger partial charge in [0.1, 0.15) is 0 Å². The van der Waals surface area contributed by atoms with Crippen LogP contribution in [0.1, 0.15) is 20.3 Å². The van der Waals surface area contributed by atoms with Crippen LogP contribution in [-0.2, 0) is 0 Å². The normalized spacial score (nSPS) is 10.8. The summed E-state index contributed by atoms with van der Waals surface area (Å²) in [6.45, 7) is 4.28. The highest BCUT2D eigenvalue weighted by Crippen LogP contribution is 2.21. The number of thioether (sulfide) groups is 1. The van der Waals surface area contributed by atoms with E-state index in [1.165, 1.54) is 11.8 Å². The second-order valence-corrected chi connectivity index (χ2v) is 4.46. The van der Waals surface area contributed by atoms with E-state index in [0.29, 0.717) is 11.1 Å². The molecule has 0 aliphatic heterocycles. The van der Waals surface area contributed by atoms with Gasteiger partial charge in [-0.15, -0.1) is 0 Å². The molecular weight excluding hydrogens is 200 g/mol. The van der Waals surface area contributed by atoms with Crippen molar-refractivity contribution in [2.24, 2.45) is 5.92 Å². The maximum absolute atomic E-state index is 9.08. The third-order valence-electron chi connectivity index (χ3n) is 1.60. The standard InChI is InChI=1S/C9H14N2O2S/c1-6(2)3-4-14-9-10-7(12)5-8(13)11-9/h5-6H,3-4H2,1-2H3,(H2,10,11,12,13). The Morgan fingerprint density at radius 3 is 2.36 bits per heavy atom. The summed E-state index contributed by atoms with van der Waals surface area (Å²) in [5.41, 5.74) is 0. The number of aromatic nitrogens is 2. The van der Waals surface area contributed by atoms with E-state index < -0.39 is 0 Å². The summed E-state index contributed by atoms with van der Waals surface area (Å²) < 4.78 is 0. The van der Waals surface area contributed by atoms with E-state index in [-0.39, 0.29) is 11.8 Å². The molecule has 0 fully saturated rings. The lowest BCUT2D eigenvalue weighted by Crippen LogP contribution is -1.92. The molecule has 0 amide bonds. The third kappa shape index (κ3) is 3.83. The van der Waals surface area contributed by atoms with Gasteiger partial charge < -0.3 is 10.2 Å². The van der Waals surface area contributed by atoms with Crippen LogP contribution in [0.25, 0.3) is 0 Å². The van der Waals surface area contributed by atoms with Crippen molar-refractivity contribution in [1.82, 2.24) is 9.97 Å². The smallest absolute Gasteiger partial charge is 0.218 e. The Kier molecular flexibility index (Phi) is 4.00. The molecule has 1 heterocycles. The molecule has 0 spiro atoms. The molecule has 0 atom stereocenters. The molecule has 0 unspecified atom stereocenters. The fourth-order valence-corrected chi connectivity index (χ4v) is 1.94. The molecule has 0 aromatic carbocycles. The van der Waals surface area contributed by atoms with Crippen molar-refractivity contribution in [2.45, 2.75) is 25.4 Å². The van der Waals surface area contributed by atoms with Gasteiger partial charge in [0.05, 0.1) is 6.07 Å². The molecule has 0 bridgehead atoms. The topological polar surface area (TPSA) is 66.2 Å². The van der Waals surface area contributed by atoms with Crippen LogP contribution in [0.5, 0.6) is 11.8 Å². The van der Waals surface area contributed by atoms with Crippen LogP contribution in [0.15, 0.2) is 11.2 Å². The SMILES string of the molecule is CC(C)CCSc1nc(O)cc(O)n1. The number of hydrogen-bond donors (Lipinski definition) is 2. The van der Waals surface area contributed by atoms with Crippen molar-refractivity contribution in [3.63, 3.8) is 0 Å². The summed E-state index contributed by atoms with van der Waals surface area (Å²) in [6.07, 6.45) is 1.06. The minimum absolute atomic E-state index is 0.190. The molecule has 0 saturated heterocycles. The van der Waals surface area contributed by atoms with Gasteiger partial charge >= 0.3 is 0 Å². The highest BCUT2D eigenvalue weighted by molar-refractivity contribution is 7.99. The van der Waals surface area contributed by atoms with E-state index in [0.717, 1.165) is 18.2 Å². The van der Waals surface area contributed by atoms with Gasteiger partial charge in [0.2, 0.25) is 11.8 Å². The number of aromatic hydroxyl groups is 2. The fraction of sp³-hybridized carbons (Fsp3) is 0.556. The third-order valence-corrected chi connectivity index (χ3v) is 2.49. The molecule has 2 N–H and O–H groups in total. The monoisotopic (exact) mass is 214 g/mol. The highest BCUT2D eigenvalue weighted by atomic mass is 32.2. The minimum atomic E-state index is -0.190. The van der Waals surface area contributed by atoms with E-state index in [2.05, 4.69) is 23.8 Å². The van der Waals surface area contributed by atoms with Gasteiger partial charge in [-0.25, -0.2) is 0 Å². The average molecular weight is 214 g/mol. The Labute approximate surface area is 87.4 Å². The first kappa shape index (κ1) is 11.1. The molecular formula is C9H14N2O2S. The van der Waals surface area contributed by atoms with Crippen LogP contribution in [-0.4, -0.2) is 25.9 Å². The Balaban J connectivity index is 2.50. The lowest BCUT2D eigenvalue weighted by molar-refractivity contribution is 0.411. The van der Waals surface area contributed by atoms with Crippen molar-refractivity contribution < 1.29 is 10.2 Å². The first-order valence-corrected chi connectivity index (χ1v) is 5.46. The number of hydrogen-bond acceptors (Lipinski definition) is 5. The van der Waals surface area contributed by atoms with Crippen molar-refractivity contribution in [3.05, 3.63) is 6.07 Å². The van der Waals surface area contributed by atoms with Crippen molar-refractivity contribution in [1.29, 1.82) is 0 Å². The Bertz CT molecular complexity index is 285. The first-order chi connectivity index (χ1) is 6.58. The van der Waals surface area contributed by atoms with Crippen LogP contribution in [0.3, 0.4) is 0 Å². The van der Waals surface area contributed by atoms with Gasteiger partial charge in [0.25, 0.3) is 0 Å². The zero-order valence-electron chi connectivity index (χ0n) is 8.27. The molecule has 4 nitrogen and oxygen atoms in total. The largest absolute Gasteiger partial charge is 0.493 e. The van der Waals surface area contributed by atoms with Gasteiger partial charge in [-0.05, 0) is 12.3 Å². The maximum Gasteiger partial charge on any atom is 0.218 e. The summed E-state index contributed by atoms with van der Waals surface area (Å²) in [4.78, 5) is 7.56. The van der Waals surface area contributed by atoms with E-state index in [4.69, 9.17) is 10.2 Å². The van der Waals surface area contributed by atoms with Gasteiger partial charge in [-0.2, -0.15) is 9.97 Å². The van der Waals surface area contributed by atoms with Crippen molar-refractivity contribution in [3.8, 4) is 11.8 Å². The second kappa shape index (κ2) is 5.05. The summed E-state index contributed by atoms with van der Waals surface area (Å²) in [5.74, 6) is 1.14. The van der Waals surface area contributed by atoms with Crippen LogP contribution in [0.4, 0.5) is 0 Å². The molecule has 78 valence electrons. The highest BCUT2D eigenvalue weighted by Gasteiger charge is 2.03. The van der Waals surface area contributed by atoms with Crippen LogP contribution in [0, 0.1) is 5.92 Å². The molecule has 0 saturated carbocycles. The Morgan fingerprint density at radius 2 is 1.86 bits per heavy atom. The molecule has 14 heavy (non-hydrogen) atoms. The van der Waals surface area contributed by atoms with Crippen LogP contribution >= 0.6 is 11.8 Å². The molecule has 1 aromatic rings. The first-order valence-electron chi connectivity index (χ1n) is 4.47. The molecule has 0 aliphatic carbocycles. The summed E-state index contributed by atoms with van der Waals surface area (Å²) in [5, 5.41) is 18.6. The van der Waals surface area contributed by atoms with Gasteiger partial charge in [-0.1, -0.05) is 25.6 Å². The fourth-order valence-electron chi connectivity index (χ4n) is 0.851. The number of rotatable bonds is 4. The molecule has 0 aliphatic rings. The maximum atomic E-state index is 9.08. The number of nitrogens with zero attached hydrogens (tertiary/aromatic N) is 2. The summed E-state index contributed by atoms with van der Waals surface area (Å²) in [7, 11) is 0. The Morgan fingerprint density at radius 1 is 1.29 bits per heavy atom.